The highest BCUT2D eigenvalue weighted by Crippen LogP contribution is 2.45. The Bertz CT molecular complexity index is 422. The number of nitrogens with one attached hydrogen (secondary N) is 1. The molecule has 1 aliphatic heterocycles. The Morgan fingerprint density at radius 2 is 2.00 bits per heavy atom. The molecular weight excluding hydrogens is 361 g/mol. The van der Waals surface area contributed by atoms with E-state index in [0.717, 1.165) is 31.0 Å². The highest BCUT2D eigenvalue weighted by Gasteiger charge is 2.50. The third-order valence-corrected chi connectivity index (χ3v) is 7.17. The van der Waals surface area contributed by atoms with E-state index in [0.29, 0.717) is 30.7 Å². The van der Waals surface area contributed by atoms with Crippen molar-refractivity contribution in [3.8, 4) is 0 Å². The third kappa shape index (κ3) is 3.60. The van der Waals surface area contributed by atoms with Gasteiger partial charge in [0.05, 0.1) is 13.0 Å². The zero-order chi connectivity index (χ0) is 16.4. The van der Waals surface area contributed by atoms with Gasteiger partial charge in [0.1, 0.15) is 6.17 Å². The Hall–Kier alpha value is -0.160. The summed E-state index contributed by atoms with van der Waals surface area (Å²) in [7, 11) is 1.50. The molecule has 3 nitrogen and oxygen atoms in total. The summed E-state index contributed by atoms with van der Waals surface area (Å²) in [5, 5.41) is 4.63. The van der Waals surface area contributed by atoms with Crippen LogP contribution in [0.15, 0.2) is 0 Å². The van der Waals surface area contributed by atoms with E-state index in [1.807, 2.05) is 0 Å². The lowest BCUT2D eigenvalue weighted by atomic mass is 9.63. The SMILES string of the molecule is COC(=O)C1C2CCCCC2NC(C2CCCC(F)C2)C1CBr. The molecule has 0 aromatic heterocycles. The van der Waals surface area contributed by atoms with Gasteiger partial charge in [0.25, 0.3) is 0 Å². The van der Waals surface area contributed by atoms with E-state index >= 15 is 0 Å². The molecule has 0 radical (unpaired) electrons. The average Bonchev–Trinajstić information content (AvgIpc) is 2.59. The van der Waals surface area contributed by atoms with Crippen molar-refractivity contribution in [3.63, 3.8) is 0 Å². The predicted molar refractivity (Wildman–Crippen MR) is 92.3 cm³/mol. The fourth-order valence-corrected chi connectivity index (χ4v) is 6.17. The summed E-state index contributed by atoms with van der Waals surface area (Å²) in [4.78, 5) is 12.5. The molecule has 7 unspecified atom stereocenters. The van der Waals surface area contributed by atoms with Crippen LogP contribution in [0.4, 0.5) is 4.39 Å². The average molecular weight is 390 g/mol. The zero-order valence-electron chi connectivity index (χ0n) is 14.0. The van der Waals surface area contributed by atoms with Crippen LogP contribution in [-0.2, 0) is 9.53 Å². The first-order chi connectivity index (χ1) is 11.2. The third-order valence-electron chi connectivity index (χ3n) is 6.42. The molecule has 23 heavy (non-hydrogen) atoms. The van der Waals surface area contributed by atoms with Crippen LogP contribution in [0, 0.1) is 23.7 Å². The fraction of sp³-hybridized carbons (Fsp3) is 0.944. The summed E-state index contributed by atoms with van der Waals surface area (Å²) < 4.78 is 19.1. The maximum absolute atomic E-state index is 13.9. The topological polar surface area (TPSA) is 38.3 Å². The van der Waals surface area contributed by atoms with E-state index in [1.165, 1.54) is 20.0 Å². The van der Waals surface area contributed by atoms with Crippen molar-refractivity contribution >= 4 is 21.9 Å². The molecule has 3 aliphatic rings. The maximum atomic E-state index is 13.9. The van der Waals surface area contributed by atoms with E-state index in [9.17, 15) is 9.18 Å². The fourth-order valence-electron chi connectivity index (χ4n) is 5.36. The van der Waals surface area contributed by atoms with Gasteiger partial charge in [-0.15, -0.1) is 0 Å². The molecule has 132 valence electrons. The molecule has 0 spiro atoms. The minimum atomic E-state index is -0.674. The van der Waals surface area contributed by atoms with E-state index in [2.05, 4.69) is 21.2 Å². The van der Waals surface area contributed by atoms with Gasteiger partial charge in [0, 0.05) is 17.4 Å². The molecular formula is C18H29BrFNO2. The lowest BCUT2D eigenvalue weighted by molar-refractivity contribution is -0.154. The monoisotopic (exact) mass is 389 g/mol. The van der Waals surface area contributed by atoms with E-state index < -0.39 is 6.17 Å². The number of carbonyl (C=O) groups excluding carboxylic acids is 1. The predicted octanol–water partition coefficient (Wildman–Crippen LogP) is 3.85. The molecule has 0 aromatic carbocycles. The second kappa shape index (κ2) is 7.81. The van der Waals surface area contributed by atoms with E-state index in [-0.39, 0.29) is 23.8 Å². The van der Waals surface area contributed by atoms with Gasteiger partial charge in [-0.1, -0.05) is 35.2 Å². The number of esters is 1. The Morgan fingerprint density at radius 1 is 1.22 bits per heavy atom. The van der Waals surface area contributed by atoms with Crippen molar-refractivity contribution in [3.05, 3.63) is 0 Å². The van der Waals surface area contributed by atoms with Crippen LogP contribution in [0.5, 0.6) is 0 Å². The lowest BCUT2D eigenvalue weighted by Crippen LogP contribution is -2.62. The minimum Gasteiger partial charge on any atom is -0.469 e. The van der Waals surface area contributed by atoms with Crippen LogP contribution in [0.2, 0.25) is 0 Å². The summed E-state index contributed by atoms with van der Waals surface area (Å²) in [6, 6.07) is 0.629. The van der Waals surface area contributed by atoms with E-state index in [4.69, 9.17) is 4.74 Å². The Balaban J connectivity index is 1.84. The van der Waals surface area contributed by atoms with Gasteiger partial charge in [-0.25, -0.2) is 4.39 Å². The van der Waals surface area contributed by atoms with E-state index in [1.54, 1.807) is 0 Å². The molecule has 7 atom stereocenters. The van der Waals surface area contributed by atoms with Gasteiger partial charge < -0.3 is 10.1 Å². The maximum Gasteiger partial charge on any atom is 0.309 e. The first-order valence-corrected chi connectivity index (χ1v) is 10.3. The lowest BCUT2D eigenvalue weighted by Gasteiger charge is -2.51. The molecule has 1 heterocycles. The van der Waals surface area contributed by atoms with Crippen molar-refractivity contribution in [2.24, 2.45) is 23.7 Å². The smallest absolute Gasteiger partial charge is 0.309 e. The van der Waals surface area contributed by atoms with Gasteiger partial charge in [-0.2, -0.15) is 0 Å². The highest BCUT2D eigenvalue weighted by molar-refractivity contribution is 9.09. The largest absolute Gasteiger partial charge is 0.469 e. The first kappa shape index (κ1) is 17.7. The molecule has 0 aromatic rings. The van der Waals surface area contributed by atoms with Crippen molar-refractivity contribution < 1.29 is 13.9 Å². The zero-order valence-corrected chi connectivity index (χ0v) is 15.6. The molecule has 3 fully saturated rings. The van der Waals surface area contributed by atoms with Gasteiger partial charge in [-0.05, 0) is 49.9 Å². The second-order valence-corrected chi connectivity index (χ2v) is 8.29. The molecule has 1 saturated heterocycles. The number of fused-ring (bicyclic) bond motifs is 1. The van der Waals surface area contributed by atoms with Crippen molar-refractivity contribution in [2.45, 2.75) is 69.6 Å². The second-order valence-electron chi connectivity index (χ2n) is 7.64. The van der Waals surface area contributed by atoms with Crippen molar-refractivity contribution in [1.82, 2.24) is 5.32 Å². The summed E-state index contributed by atoms with van der Waals surface area (Å²) >= 11 is 3.65. The number of rotatable bonds is 3. The number of methoxy groups -OCH3 is 1. The number of alkyl halides is 2. The van der Waals surface area contributed by atoms with Crippen molar-refractivity contribution in [1.29, 1.82) is 0 Å². The molecule has 0 bridgehead atoms. The first-order valence-electron chi connectivity index (χ1n) is 9.19. The van der Waals surface area contributed by atoms with Crippen LogP contribution in [-0.4, -0.2) is 36.7 Å². The Kier molecular flexibility index (Phi) is 6.00. The van der Waals surface area contributed by atoms with Crippen LogP contribution >= 0.6 is 15.9 Å². The van der Waals surface area contributed by atoms with Crippen molar-refractivity contribution in [2.75, 3.05) is 12.4 Å². The van der Waals surface area contributed by atoms with Gasteiger partial charge in [0.2, 0.25) is 0 Å². The number of hydrogen-bond acceptors (Lipinski definition) is 3. The molecule has 5 heteroatoms. The normalized spacial score (nSPS) is 44.4. The van der Waals surface area contributed by atoms with Gasteiger partial charge in [-0.3, -0.25) is 4.79 Å². The number of hydrogen-bond donors (Lipinski definition) is 1. The standard InChI is InChI=1S/C18H29BrFNO2/c1-23-18(22)16-13-7-2-3-8-15(13)21-17(14(16)10-19)11-5-4-6-12(20)9-11/h11-17,21H,2-10H2,1H3. The molecule has 2 saturated carbocycles. The summed E-state index contributed by atoms with van der Waals surface area (Å²) in [6.45, 7) is 0. The molecule has 3 rings (SSSR count). The number of ether oxygens (including phenoxy) is 1. The highest BCUT2D eigenvalue weighted by atomic mass is 79.9. The Labute approximate surface area is 147 Å². The summed E-state index contributed by atoms with van der Waals surface area (Å²) in [5.41, 5.74) is 0. The van der Waals surface area contributed by atoms with Crippen LogP contribution in [0.3, 0.4) is 0 Å². The summed E-state index contributed by atoms with van der Waals surface area (Å²) in [6.07, 6.45) is 7.38. The number of halogens is 2. The molecule has 2 aliphatic carbocycles. The molecule has 1 N–H and O–H groups in total. The van der Waals surface area contributed by atoms with Crippen LogP contribution in [0.1, 0.15) is 51.4 Å². The van der Waals surface area contributed by atoms with Crippen LogP contribution < -0.4 is 5.32 Å². The summed E-state index contributed by atoms with van der Waals surface area (Å²) in [5.74, 6) is 0.814. The van der Waals surface area contributed by atoms with Gasteiger partial charge in [0.15, 0.2) is 0 Å². The van der Waals surface area contributed by atoms with Crippen LogP contribution in [0.25, 0.3) is 0 Å². The quantitative estimate of drug-likeness (QED) is 0.588. The Morgan fingerprint density at radius 3 is 2.70 bits per heavy atom. The number of piperidine rings is 1. The molecule has 0 amide bonds. The number of carbonyl (C=O) groups is 1. The van der Waals surface area contributed by atoms with Gasteiger partial charge >= 0.3 is 5.97 Å². The minimum absolute atomic E-state index is 0.0455.